The second-order valence-electron chi connectivity index (χ2n) is 4.98. The molecule has 0 aromatic heterocycles. The zero-order valence-electron chi connectivity index (χ0n) is 12.1. The molecule has 0 spiro atoms. The van der Waals surface area contributed by atoms with E-state index in [-0.39, 0.29) is 11.8 Å². The fraction of sp³-hybridized carbons (Fsp3) is 0.467. The van der Waals surface area contributed by atoms with Gasteiger partial charge in [-0.25, -0.2) is 0 Å². The first-order valence-corrected chi connectivity index (χ1v) is 6.33. The zero-order valence-corrected chi connectivity index (χ0v) is 12.1. The van der Waals surface area contributed by atoms with Crippen LogP contribution in [0.15, 0.2) is 18.2 Å². The molecular formula is C15H21NO3. The molecule has 0 aliphatic rings. The van der Waals surface area contributed by atoms with Gasteiger partial charge in [0.05, 0.1) is 7.11 Å². The molecule has 4 heteroatoms. The summed E-state index contributed by atoms with van der Waals surface area (Å²) in [5.74, 6) is -1.73. The molecule has 0 bridgehead atoms. The molecule has 1 unspecified atom stereocenters. The lowest BCUT2D eigenvalue weighted by molar-refractivity contribution is -0.150. The summed E-state index contributed by atoms with van der Waals surface area (Å²) >= 11 is 0. The molecule has 19 heavy (non-hydrogen) atoms. The molecule has 1 rings (SSSR count). The molecule has 1 aromatic carbocycles. The standard InChI is InChI=1S/C15H21NO3/c1-9(2)13(15(18)19-5)14(17)16-12-8-6-7-10(3)11(12)4/h6-9,13H,1-5H3,(H,16,17). The van der Waals surface area contributed by atoms with Crippen LogP contribution in [0.4, 0.5) is 5.69 Å². The van der Waals surface area contributed by atoms with Gasteiger partial charge in [-0.15, -0.1) is 0 Å². The van der Waals surface area contributed by atoms with E-state index in [0.29, 0.717) is 0 Å². The molecular weight excluding hydrogens is 242 g/mol. The first kappa shape index (κ1) is 15.2. The number of aryl methyl sites for hydroxylation is 1. The molecule has 1 amide bonds. The number of methoxy groups -OCH3 is 1. The third-order valence-electron chi connectivity index (χ3n) is 3.27. The van der Waals surface area contributed by atoms with Gasteiger partial charge in [-0.3, -0.25) is 9.59 Å². The Hall–Kier alpha value is -1.84. The van der Waals surface area contributed by atoms with Gasteiger partial charge in [0.2, 0.25) is 5.91 Å². The number of anilines is 1. The van der Waals surface area contributed by atoms with Crippen LogP contribution in [0.1, 0.15) is 25.0 Å². The summed E-state index contributed by atoms with van der Waals surface area (Å²) in [7, 11) is 1.29. The first-order chi connectivity index (χ1) is 8.88. The van der Waals surface area contributed by atoms with Crippen molar-refractivity contribution in [3.8, 4) is 0 Å². The number of hydrogen-bond acceptors (Lipinski definition) is 3. The molecule has 1 aromatic rings. The topological polar surface area (TPSA) is 55.4 Å². The monoisotopic (exact) mass is 263 g/mol. The van der Waals surface area contributed by atoms with Crippen molar-refractivity contribution in [1.82, 2.24) is 0 Å². The maximum Gasteiger partial charge on any atom is 0.318 e. The maximum absolute atomic E-state index is 12.2. The number of nitrogens with one attached hydrogen (secondary N) is 1. The highest BCUT2D eigenvalue weighted by atomic mass is 16.5. The first-order valence-electron chi connectivity index (χ1n) is 6.33. The molecule has 0 radical (unpaired) electrons. The van der Waals surface area contributed by atoms with Crippen molar-refractivity contribution in [1.29, 1.82) is 0 Å². The van der Waals surface area contributed by atoms with Crippen molar-refractivity contribution in [3.63, 3.8) is 0 Å². The van der Waals surface area contributed by atoms with Crippen LogP contribution in [0.25, 0.3) is 0 Å². The third-order valence-corrected chi connectivity index (χ3v) is 3.27. The number of esters is 1. The second-order valence-corrected chi connectivity index (χ2v) is 4.98. The second kappa shape index (κ2) is 6.36. The Kier molecular flexibility index (Phi) is 5.10. The number of carbonyl (C=O) groups is 2. The van der Waals surface area contributed by atoms with Crippen LogP contribution in [-0.4, -0.2) is 19.0 Å². The van der Waals surface area contributed by atoms with Crippen molar-refractivity contribution >= 4 is 17.6 Å². The number of rotatable bonds is 4. The van der Waals surface area contributed by atoms with Gasteiger partial charge < -0.3 is 10.1 Å². The van der Waals surface area contributed by atoms with Gasteiger partial charge in [0.1, 0.15) is 5.92 Å². The number of benzene rings is 1. The molecule has 0 heterocycles. The van der Waals surface area contributed by atoms with Crippen LogP contribution in [0.2, 0.25) is 0 Å². The van der Waals surface area contributed by atoms with Crippen molar-refractivity contribution < 1.29 is 14.3 Å². The van der Waals surface area contributed by atoms with Crippen molar-refractivity contribution in [2.45, 2.75) is 27.7 Å². The van der Waals surface area contributed by atoms with E-state index in [1.165, 1.54) is 7.11 Å². The minimum Gasteiger partial charge on any atom is -0.468 e. The Labute approximate surface area is 114 Å². The summed E-state index contributed by atoms with van der Waals surface area (Å²) in [6.45, 7) is 7.56. The van der Waals surface area contributed by atoms with E-state index >= 15 is 0 Å². The SMILES string of the molecule is COC(=O)C(C(=O)Nc1cccc(C)c1C)C(C)C. The number of ether oxygens (including phenoxy) is 1. The summed E-state index contributed by atoms with van der Waals surface area (Å²) in [6.07, 6.45) is 0. The Bertz CT molecular complexity index is 480. The van der Waals surface area contributed by atoms with Gasteiger partial charge in [-0.05, 0) is 37.0 Å². The van der Waals surface area contributed by atoms with Gasteiger partial charge in [-0.2, -0.15) is 0 Å². The Balaban J connectivity index is 2.94. The van der Waals surface area contributed by atoms with Gasteiger partial charge in [0, 0.05) is 5.69 Å². The molecule has 0 fully saturated rings. The molecule has 1 N–H and O–H groups in total. The predicted octanol–water partition coefficient (Wildman–Crippen LogP) is 2.69. The Morgan fingerprint density at radius 2 is 1.84 bits per heavy atom. The van der Waals surface area contributed by atoms with Crippen LogP contribution in [-0.2, 0) is 14.3 Å². The largest absolute Gasteiger partial charge is 0.468 e. The van der Waals surface area contributed by atoms with E-state index in [2.05, 4.69) is 10.1 Å². The number of hydrogen-bond donors (Lipinski definition) is 1. The molecule has 0 aliphatic carbocycles. The summed E-state index contributed by atoms with van der Waals surface area (Å²) in [6, 6.07) is 5.68. The minimum absolute atomic E-state index is 0.113. The van der Waals surface area contributed by atoms with Crippen LogP contribution in [0.5, 0.6) is 0 Å². The van der Waals surface area contributed by atoms with E-state index in [4.69, 9.17) is 0 Å². The maximum atomic E-state index is 12.2. The van der Waals surface area contributed by atoms with E-state index in [1.807, 2.05) is 45.9 Å². The quantitative estimate of drug-likeness (QED) is 0.671. The normalized spacial score (nSPS) is 12.1. The smallest absolute Gasteiger partial charge is 0.318 e. The Morgan fingerprint density at radius 3 is 2.37 bits per heavy atom. The van der Waals surface area contributed by atoms with Crippen LogP contribution < -0.4 is 5.32 Å². The Morgan fingerprint density at radius 1 is 1.21 bits per heavy atom. The van der Waals surface area contributed by atoms with E-state index in [1.54, 1.807) is 0 Å². The summed E-state index contributed by atoms with van der Waals surface area (Å²) < 4.78 is 4.69. The van der Waals surface area contributed by atoms with E-state index in [0.717, 1.165) is 16.8 Å². The van der Waals surface area contributed by atoms with Crippen molar-refractivity contribution in [2.24, 2.45) is 11.8 Å². The summed E-state index contributed by atoms with van der Waals surface area (Å²) in [5, 5.41) is 2.81. The van der Waals surface area contributed by atoms with Crippen LogP contribution in [0.3, 0.4) is 0 Å². The molecule has 0 aliphatic heterocycles. The highest BCUT2D eigenvalue weighted by molar-refractivity contribution is 6.05. The molecule has 104 valence electrons. The van der Waals surface area contributed by atoms with Gasteiger partial charge in [0.25, 0.3) is 0 Å². The predicted molar refractivity (Wildman–Crippen MR) is 74.9 cm³/mol. The fourth-order valence-corrected chi connectivity index (χ4v) is 1.91. The summed E-state index contributed by atoms with van der Waals surface area (Å²) in [5.41, 5.74) is 2.83. The van der Waals surface area contributed by atoms with Gasteiger partial charge in [-0.1, -0.05) is 26.0 Å². The zero-order chi connectivity index (χ0) is 14.6. The average molecular weight is 263 g/mol. The highest BCUT2D eigenvalue weighted by Crippen LogP contribution is 2.21. The molecule has 1 atom stereocenters. The molecule has 0 saturated carbocycles. The van der Waals surface area contributed by atoms with Crippen LogP contribution >= 0.6 is 0 Å². The number of amides is 1. The summed E-state index contributed by atoms with van der Waals surface area (Å²) in [4.78, 5) is 23.9. The van der Waals surface area contributed by atoms with Gasteiger partial charge in [0.15, 0.2) is 0 Å². The number of carbonyl (C=O) groups excluding carboxylic acids is 2. The van der Waals surface area contributed by atoms with Crippen molar-refractivity contribution in [2.75, 3.05) is 12.4 Å². The fourth-order valence-electron chi connectivity index (χ4n) is 1.91. The van der Waals surface area contributed by atoms with Crippen molar-refractivity contribution in [3.05, 3.63) is 29.3 Å². The lowest BCUT2D eigenvalue weighted by atomic mass is 9.94. The highest BCUT2D eigenvalue weighted by Gasteiger charge is 2.31. The molecule has 0 saturated heterocycles. The van der Waals surface area contributed by atoms with E-state index in [9.17, 15) is 9.59 Å². The minimum atomic E-state index is -0.787. The average Bonchev–Trinajstić information content (AvgIpc) is 2.34. The third kappa shape index (κ3) is 3.56. The molecule has 4 nitrogen and oxygen atoms in total. The van der Waals surface area contributed by atoms with E-state index < -0.39 is 11.9 Å². The van der Waals surface area contributed by atoms with Gasteiger partial charge >= 0.3 is 5.97 Å². The van der Waals surface area contributed by atoms with Crippen LogP contribution in [0, 0.1) is 25.7 Å². The lowest BCUT2D eigenvalue weighted by Gasteiger charge is -2.19. The lowest BCUT2D eigenvalue weighted by Crippen LogP contribution is -2.34.